The second-order valence-electron chi connectivity index (χ2n) is 2.10. The molecule has 2 atom stereocenters. The molecule has 0 aromatic rings. The number of aliphatic hydroxyl groups is 2. The van der Waals surface area contributed by atoms with E-state index in [0.717, 1.165) is 0 Å². The molecule has 0 saturated heterocycles. The Bertz CT molecular complexity index is 199. The number of hydrogen-bond acceptors (Lipinski definition) is 6. The summed E-state index contributed by atoms with van der Waals surface area (Å²) in [7, 11) is 0. The zero-order chi connectivity index (χ0) is 13.0. The minimum absolute atomic E-state index is 1.19. The summed E-state index contributed by atoms with van der Waals surface area (Å²) in [5.74, 6) is -2.37. The Morgan fingerprint density at radius 3 is 1.00 bits per heavy atom. The van der Waals surface area contributed by atoms with Crippen LogP contribution in [-0.2, 0) is 34.9 Å². The summed E-state index contributed by atoms with van der Waals surface area (Å²) in [5, 5.41) is 31.5. The molecule has 4 N–H and O–H groups in total. The van der Waals surface area contributed by atoms with Crippen LogP contribution in [0.15, 0.2) is 0 Å². The summed E-state index contributed by atoms with van der Waals surface area (Å²) in [6.07, 6.45) is -2.46. The molecule has 0 fully saturated rings. The zero-order valence-corrected chi connectivity index (χ0v) is 9.99. The first-order valence-electron chi connectivity index (χ1n) is 3.44. The van der Waals surface area contributed by atoms with Gasteiger partial charge in [0.25, 0.3) is 0 Å². The fraction of sp³-hybridized carbons (Fsp3) is 0.667. The summed E-state index contributed by atoms with van der Waals surface area (Å²) in [6, 6.07) is 0. The van der Waals surface area contributed by atoms with Crippen LogP contribution in [0.2, 0.25) is 0 Å². The molecule has 0 aromatic heterocycles. The molecule has 0 radical (unpaired) electrons. The van der Waals surface area contributed by atoms with Crippen LogP contribution in [0.3, 0.4) is 0 Å². The zero-order valence-electron chi connectivity index (χ0n) is 7.98. The van der Waals surface area contributed by atoms with E-state index in [0.29, 0.717) is 0 Å². The Kier molecular flexibility index (Phi) is 17.3. The van der Waals surface area contributed by atoms with E-state index in [-0.39, 0.29) is 0 Å². The molecule has 90 valence electrons. The molecule has 0 saturated carbocycles. The molecule has 15 heavy (non-hydrogen) atoms. The van der Waals surface area contributed by atoms with E-state index in [2.05, 4.69) is 0 Å². The molecule has 0 bridgehead atoms. The first kappa shape index (κ1) is 19.7. The number of carboxylic acids is 2. The topological polar surface area (TPSA) is 149 Å². The summed E-state index contributed by atoms with van der Waals surface area (Å²) >= 11 is -2.03. The van der Waals surface area contributed by atoms with Crippen molar-refractivity contribution >= 4 is 11.9 Å². The summed E-state index contributed by atoms with van der Waals surface area (Å²) in [6.45, 7) is 2.39. The van der Waals surface area contributed by atoms with E-state index in [4.69, 9.17) is 27.2 Å². The van der Waals surface area contributed by atoms with Gasteiger partial charge in [0.15, 0.2) is 0 Å². The normalized spacial score (nSPS) is 11.7. The van der Waals surface area contributed by atoms with Crippen molar-refractivity contribution in [2.24, 2.45) is 0 Å². The second-order valence-corrected chi connectivity index (χ2v) is 2.43. The number of aliphatic carboxylic acids is 2. The SMILES string of the molecule is CC(O)C(=O)O.CC(O)C(=O)O.[O]=[Mo]=[O]. The molecular weight excluding hydrogens is 296 g/mol. The van der Waals surface area contributed by atoms with E-state index in [1.807, 2.05) is 0 Å². The number of aliphatic hydroxyl groups excluding tert-OH is 2. The minimum atomic E-state index is -2.03. The Balaban J connectivity index is -0.000000153. The van der Waals surface area contributed by atoms with Gasteiger partial charge in [-0.1, -0.05) is 0 Å². The van der Waals surface area contributed by atoms with Crippen LogP contribution in [0.5, 0.6) is 0 Å². The molecule has 0 aliphatic carbocycles. The average Bonchev–Trinajstić information content (AvgIpc) is 2.06. The summed E-state index contributed by atoms with van der Waals surface area (Å²) < 4.78 is 17.0. The Labute approximate surface area is 93.7 Å². The van der Waals surface area contributed by atoms with Gasteiger partial charge in [-0.25, -0.2) is 9.59 Å². The molecule has 9 heteroatoms. The van der Waals surface area contributed by atoms with Crippen molar-refractivity contribution in [3.8, 4) is 0 Å². The molecule has 8 nitrogen and oxygen atoms in total. The third kappa shape index (κ3) is 32.0. The molecule has 0 aliphatic rings. The van der Waals surface area contributed by atoms with Gasteiger partial charge >= 0.3 is 37.2 Å². The van der Waals surface area contributed by atoms with Crippen molar-refractivity contribution in [2.75, 3.05) is 0 Å². The van der Waals surface area contributed by atoms with E-state index in [1.165, 1.54) is 13.8 Å². The van der Waals surface area contributed by atoms with Crippen LogP contribution in [-0.4, -0.2) is 44.6 Å². The van der Waals surface area contributed by atoms with E-state index in [1.54, 1.807) is 0 Å². The predicted molar refractivity (Wildman–Crippen MR) is 40.0 cm³/mol. The van der Waals surface area contributed by atoms with Gasteiger partial charge in [-0.3, -0.25) is 0 Å². The first-order chi connectivity index (χ1) is 6.70. The monoisotopic (exact) mass is 310 g/mol. The number of hydrogen-bond donors (Lipinski definition) is 4. The maximum absolute atomic E-state index is 9.45. The van der Waals surface area contributed by atoms with E-state index >= 15 is 0 Å². The van der Waals surface area contributed by atoms with Crippen LogP contribution in [0.4, 0.5) is 0 Å². The second kappa shape index (κ2) is 13.1. The molecule has 2 unspecified atom stereocenters. The van der Waals surface area contributed by atoms with Crippen LogP contribution >= 0.6 is 0 Å². The molecular formula is C6H12MoO8. The van der Waals surface area contributed by atoms with Crippen LogP contribution in [0.1, 0.15) is 13.8 Å². The molecule has 0 amide bonds. The van der Waals surface area contributed by atoms with E-state index < -0.39 is 42.6 Å². The van der Waals surface area contributed by atoms with Gasteiger partial charge in [-0.05, 0) is 13.8 Å². The third-order valence-corrected chi connectivity index (χ3v) is 0.715. The van der Waals surface area contributed by atoms with Gasteiger partial charge < -0.3 is 20.4 Å². The fourth-order valence-corrected chi connectivity index (χ4v) is 0. The standard InChI is InChI=1S/2C3H6O3.Mo.2O/c2*1-2(4)3(5)6;;;/h2*2,4H,1H3,(H,5,6);;;. The molecule has 0 spiro atoms. The Hall–Kier alpha value is -0.852. The number of carbonyl (C=O) groups is 2. The van der Waals surface area contributed by atoms with Gasteiger partial charge in [0.2, 0.25) is 0 Å². The van der Waals surface area contributed by atoms with Crippen molar-refractivity contribution in [3.63, 3.8) is 0 Å². The van der Waals surface area contributed by atoms with Crippen LogP contribution in [0.25, 0.3) is 0 Å². The van der Waals surface area contributed by atoms with Crippen LogP contribution in [0, 0.1) is 0 Å². The van der Waals surface area contributed by atoms with Crippen molar-refractivity contribution in [1.82, 2.24) is 0 Å². The first-order valence-corrected chi connectivity index (χ1v) is 5.08. The van der Waals surface area contributed by atoms with Gasteiger partial charge in [0.1, 0.15) is 12.2 Å². The van der Waals surface area contributed by atoms with Crippen molar-refractivity contribution in [1.29, 1.82) is 0 Å². The summed E-state index contributed by atoms with van der Waals surface area (Å²) in [4.78, 5) is 18.9. The van der Waals surface area contributed by atoms with Gasteiger partial charge in [-0.15, -0.1) is 0 Å². The van der Waals surface area contributed by atoms with Gasteiger partial charge in [0, 0.05) is 0 Å². The molecule has 0 heterocycles. The molecule has 0 rings (SSSR count). The third-order valence-electron chi connectivity index (χ3n) is 0.715. The fourth-order valence-electron chi connectivity index (χ4n) is 0. The van der Waals surface area contributed by atoms with Crippen molar-refractivity contribution in [3.05, 3.63) is 0 Å². The van der Waals surface area contributed by atoms with Crippen molar-refractivity contribution in [2.45, 2.75) is 26.1 Å². The average molecular weight is 308 g/mol. The van der Waals surface area contributed by atoms with Gasteiger partial charge in [0.05, 0.1) is 0 Å². The Morgan fingerprint density at radius 2 is 1.00 bits per heavy atom. The molecule has 0 aliphatic heterocycles. The predicted octanol–water partition coefficient (Wildman–Crippen LogP) is -1.34. The Morgan fingerprint density at radius 1 is 0.933 bits per heavy atom. The maximum atomic E-state index is 9.45. The number of carboxylic acid groups (broad SMARTS) is 2. The van der Waals surface area contributed by atoms with E-state index in [9.17, 15) is 9.59 Å². The van der Waals surface area contributed by atoms with Crippen LogP contribution < -0.4 is 0 Å². The number of rotatable bonds is 2. The van der Waals surface area contributed by atoms with Crippen molar-refractivity contribution < 1.29 is 55.3 Å². The quantitative estimate of drug-likeness (QED) is 0.458. The molecule has 0 aromatic carbocycles. The van der Waals surface area contributed by atoms with Gasteiger partial charge in [-0.2, -0.15) is 0 Å². The summed E-state index contributed by atoms with van der Waals surface area (Å²) in [5.41, 5.74) is 0.